The Morgan fingerprint density at radius 1 is 1.32 bits per heavy atom. The van der Waals surface area contributed by atoms with Gasteiger partial charge in [-0.2, -0.15) is 4.98 Å². The molecule has 1 atom stereocenters. The molecule has 1 aromatic carbocycles. The Morgan fingerprint density at radius 2 is 2.08 bits per heavy atom. The first-order valence-electron chi connectivity index (χ1n) is 8.01. The molecular formula is C17H18N4O4. The zero-order valence-electron chi connectivity index (χ0n) is 13.8. The number of rotatable bonds is 6. The molecule has 1 aliphatic heterocycles. The van der Waals surface area contributed by atoms with Crippen molar-refractivity contribution in [2.24, 2.45) is 5.92 Å². The van der Waals surface area contributed by atoms with E-state index in [1.807, 2.05) is 30.3 Å². The number of hydrogen-bond acceptors (Lipinski definition) is 6. The van der Waals surface area contributed by atoms with Gasteiger partial charge < -0.3 is 14.7 Å². The number of nitrogens with one attached hydrogen (secondary N) is 1. The summed E-state index contributed by atoms with van der Waals surface area (Å²) in [6.45, 7) is 0.497. The summed E-state index contributed by atoms with van der Waals surface area (Å²) in [6.07, 6.45) is 1.10. The second-order valence-electron chi connectivity index (χ2n) is 5.87. The molecular weight excluding hydrogens is 324 g/mol. The maximum atomic E-state index is 12.0. The highest BCUT2D eigenvalue weighted by Gasteiger charge is 2.41. The van der Waals surface area contributed by atoms with Crippen LogP contribution in [0.2, 0.25) is 0 Å². The fraction of sp³-hybridized carbons (Fsp3) is 0.353. The summed E-state index contributed by atoms with van der Waals surface area (Å²) in [5.74, 6) is -1.58. The molecule has 1 aliphatic rings. The summed E-state index contributed by atoms with van der Waals surface area (Å²) in [7, 11) is 1.51. The lowest BCUT2D eigenvalue weighted by Crippen LogP contribution is -2.36. The minimum absolute atomic E-state index is 0.133. The quantitative estimate of drug-likeness (QED) is 0.464. The zero-order valence-corrected chi connectivity index (χ0v) is 13.8. The van der Waals surface area contributed by atoms with Crippen LogP contribution in [-0.4, -0.2) is 52.8 Å². The van der Waals surface area contributed by atoms with Crippen molar-refractivity contribution in [3.8, 4) is 11.4 Å². The lowest BCUT2D eigenvalue weighted by atomic mass is 10.1. The molecule has 2 amide bonds. The molecule has 0 radical (unpaired) electrons. The number of likely N-dealkylation sites (N-methyl/N-ethyl adjacent to an activating group) is 1. The first-order valence-corrected chi connectivity index (χ1v) is 8.01. The molecule has 0 spiro atoms. The van der Waals surface area contributed by atoms with E-state index >= 15 is 0 Å². The lowest BCUT2D eigenvalue weighted by Gasteiger charge is -2.09. The fourth-order valence-corrected chi connectivity index (χ4v) is 2.61. The largest absolute Gasteiger partial charge is 0.355 e. The molecule has 2 heterocycles. The molecule has 1 fully saturated rings. The van der Waals surface area contributed by atoms with E-state index in [0.717, 1.165) is 5.56 Å². The summed E-state index contributed by atoms with van der Waals surface area (Å²) >= 11 is 0. The van der Waals surface area contributed by atoms with Gasteiger partial charge in [0.25, 0.3) is 5.91 Å². The minimum atomic E-state index is -0.911. The van der Waals surface area contributed by atoms with Gasteiger partial charge in [-0.15, -0.1) is 0 Å². The molecule has 25 heavy (non-hydrogen) atoms. The summed E-state index contributed by atoms with van der Waals surface area (Å²) in [5.41, 5.74) is 0.874. The van der Waals surface area contributed by atoms with Crippen LogP contribution in [0.3, 0.4) is 0 Å². The van der Waals surface area contributed by atoms with Gasteiger partial charge in [0, 0.05) is 32.1 Å². The van der Waals surface area contributed by atoms with Gasteiger partial charge in [0.15, 0.2) is 0 Å². The third-order valence-electron chi connectivity index (χ3n) is 4.01. The van der Waals surface area contributed by atoms with Crippen LogP contribution in [0.1, 0.15) is 12.3 Å². The standard InChI is InChI=1S/C17H18N4O4/c1-21-10-12(14(22)17(21)24)16(23)18-9-5-8-13-19-15(20-25-13)11-6-3-2-4-7-11/h2-4,6-7,12H,5,8-10H2,1H3,(H,18,23). The fourth-order valence-electron chi connectivity index (χ4n) is 2.61. The van der Waals surface area contributed by atoms with Crippen molar-refractivity contribution in [3.05, 3.63) is 36.2 Å². The van der Waals surface area contributed by atoms with Crippen molar-refractivity contribution in [2.75, 3.05) is 20.1 Å². The first-order chi connectivity index (χ1) is 12.1. The predicted octanol–water partition coefficient (Wildman–Crippen LogP) is 0.443. The Morgan fingerprint density at radius 3 is 2.76 bits per heavy atom. The highest BCUT2D eigenvalue weighted by molar-refractivity contribution is 6.42. The van der Waals surface area contributed by atoms with Crippen molar-refractivity contribution in [1.29, 1.82) is 0 Å². The van der Waals surface area contributed by atoms with Gasteiger partial charge in [0.05, 0.1) is 0 Å². The van der Waals surface area contributed by atoms with Crippen molar-refractivity contribution in [2.45, 2.75) is 12.8 Å². The molecule has 1 unspecified atom stereocenters. The number of nitrogens with zero attached hydrogens (tertiary/aromatic N) is 3. The number of Topliss-reactive ketones (excluding diaryl/α,β-unsaturated/α-hetero) is 1. The smallest absolute Gasteiger partial charge is 0.290 e. The van der Waals surface area contributed by atoms with E-state index in [2.05, 4.69) is 15.5 Å². The SMILES string of the molecule is CN1CC(C(=O)NCCCc2nc(-c3ccccc3)no2)C(=O)C1=O. The van der Waals surface area contributed by atoms with Crippen molar-refractivity contribution >= 4 is 17.6 Å². The van der Waals surface area contributed by atoms with Crippen LogP contribution in [-0.2, 0) is 20.8 Å². The number of likely N-dealkylation sites (tertiary alicyclic amines) is 1. The Kier molecular flexibility index (Phi) is 4.87. The number of hydrogen-bond donors (Lipinski definition) is 1. The van der Waals surface area contributed by atoms with Gasteiger partial charge in [-0.05, 0) is 6.42 Å². The highest BCUT2D eigenvalue weighted by Crippen LogP contribution is 2.15. The summed E-state index contributed by atoms with van der Waals surface area (Å²) < 4.78 is 5.19. The molecule has 1 N–H and O–H groups in total. The molecule has 3 rings (SSSR count). The third-order valence-corrected chi connectivity index (χ3v) is 4.01. The van der Waals surface area contributed by atoms with Crippen LogP contribution in [0.15, 0.2) is 34.9 Å². The number of amides is 2. The van der Waals surface area contributed by atoms with Crippen LogP contribution in [0.5, 0.6) is 0 Å². The molecule has 1 aromatic heterocycles. The van der Waals surface area contributed by atoms with Crippen LogP contribution in [0, 0.1) is 5.92 Å². The lowest BCUT2D eigenvalue weighted by molar-refractivity contribution is -0.142. The number of benzene rings is 1. The van der Waals surface area contributed by atoms with Gasteiger partial charge in [-0.1, -0.05) is 35.5 Å². The summed E-state index contributed by atoms with van der Waals surface area (Å²) in [6, 6.07) is 9.49. The maximum absolute atomic E-state index is 12.0. The normalized spacial score (nSPS) is 17.2. The van der Waals surface area contributed by atoms with E-state index in [1.54, 1.807) is 0 Å². The Balaban J connectivity index is 1.45. The third kappa shape index (κ3) is 3.73. The molecule has 0 bridgehead atoms. The zero-order chi connectivity index (χ0) is 17.8. The molecule has 8 heteroatoms. The van der Waals surface area contributed by atoms with Crippen molar-refractivity contribution in [1.82, 2.24) is 20.4 Å². The summed E-state index contributed by atoms with van der Waals surface area (Å²) in [4.78, 5) is 40.6. The monoisotopic (exact) mass is 342 g/mol. The summed E-state index contributed by atoms with van der Waals surface area (Å²) in [5, 5.41) is 6.61. The predicted molar refractivity (Wildman–Crippen MR) is 87.2 cm³/mol. The van der Waals surface area contributed by atoms with Gasteiger partial charge >= 0.3 is 0 Å². The van der Waals surface area contributed by atoms with E-state index in [0.29, 0.717) is 31.1 Å². The van der Waals surface area contributed by atoms with E-state index in [-0.39, 0.29) is 6.54 Å². The number of aryl methyl sites for hydroxylation is 1. The molecule has 8 nitrogen and oxygen atoms in total. The molecule has 0 saturated carbocycles. The Bertz CT molecular complexity index is 787. The van der Waals surface area contributed by atoms with Crippen LogP contribution in [0.4, 0.5) is 0 Å². The van der Waals surface area contributed by atoms with E-state index in [4.69, 9.17) is 4.52 Å². The minimum Gasteiger partial charge on any atom is -0.355 e. The highest BCUT2D eigenvalue weighted by atomic mass is 16.5. The van der Waals surface area contributed by atoms with Gasteiger partial charge in [0.2, 0.25) is 23.4 Å². The molecule has 130 valence electrons. The second-order valence-corrected chi connectivity index (χ2v) is 5.87. The van der Waals surface area contributed by atoms with Crippen molar-refractivity contribution < 1.29 is 18.9 Å². The maximum Gasteiger partial charge on any atom is 0.290 e. The van der Waals surface area contributed by atoms with Crippen molar-refractivity contribution in [3.63, 3.8) is 0 Å². The number of aromatic nitrogens is 2. The van der Waals surface area contributed by atoms with E-state index < -0.39 is 23.5 Å². The average molecular weight is 342 g/mol. The second kappa shape index (κ2) is 7.25. The molecule has 1 saturated heterocycles. The number of ketones is 1. The Labute approximate surface area is 144 Å². The van der Waals surface area contributed by atoms with Crippen LogP contribution in [0.25, 0.3) is 11.4 Å². The molecule has 2 aromatic rings. The van der Waals surface area contributed by atoms with Gasteiger partial charge in [0.1, 0.15) is 5.92 Å². The first kappa shape index (κ1) is 16.8. The van der Waals surface area contributed by atoms with E-state index in [1.165, 1.54) is 11.9 Å². The van der Waals surface area contributed by atoms with Crippen LogP contribution >= 0.6 is 0 Å². The number of carbonyl (C=O) groups excluding carboxylic acids is 3. The van der Waals surface area contributed by atoms with Gasteiger partial charge in [-0.3, -0.25) is 14.4 Å². The Hall–Kier alpha value is -3.03. The van der Waals surface area contributed by atoms with Crippen LogP contribution < -0.4 is 5.32 Å². The molecule has 0 aliphatic carbocycles. The van der Waals surface area contributed by atoms with E-state index in [9.17, 15) is 14.4 Å². The average Bonchev–Trinajstić information content (AvgIpc) is 3.20. The van der Waals surface area contributed by atoms with Gasteiger partial charge in [-0.25, -0.2) is 0 Å². The topological polar surface area (TPSA) is 105 Å². The number of carbonyl (C=O) groups is 3.